The van der Waals surface area contributed by atoms with Crippen molar-refractivity contribution >= 4 is 5.91 Å². The molecule has 122 valence electrons. The number of nitrogens with zero attached hydrogens (tertiary/aromatic N) is 3. The van der Waals surface area contributed by atoms with Crippen LogP contribution in [0.1, 0.15) is 28.8 Å². The van der Waals surface area contributed by atoms with Crippen molar-refractivity contribution < 1.29 is 4.79 Å². The van der Waals surface area contributed by atoms with Crippen LogP contribution < -0.4 is 5.32 Å². The third-order valence-electron chi connectivity index (χ3n) is 4.59. The lowest BCUT2D eigenvalue weighted by Gasteiger charge is -2.31. The SMILES string of the molecule is CNCC1CCN(C(=O)c2cnn(-c3ccccc3C)c2)CC1. The van der Waals surface area contributed by atoms with E-state index in [0.717, 1.165) is 43.7 Å². The van der Waals surface area contributed by atoms with Crippen molar-refractivity contribution in [1.29, 1.82) is 0 Å². The summed E-state index contributed by atoms with van der Waals surface area (Å²) in [6.45, 7) is 4.75. The van der Waals surface area contributed by atoms with E-state index in [1.54, 1.807) is 10.9 Å². The summed E-state index contributed by atoms with van der Waals surface area (Å²) in [4.78, 5) is 14.6. The van der Waals surface area contributed by atoms with E-state index in [0.29, 0.717) is 11.5 Å². The number of benzene rings is 1. The first-order chi connectivity index (χ1) is 11.2. The van der Waals surface area contributed by atoms with Crippen LogP contribution in [0.4, 0.5) is 0 Å². The monoisotopic (exact) mass is 312 g/mol. The van der Waals surface area contributed by atoms with Crippen LogP contribution in [-0.4, -0.2) is 47.3 Å². The predicted octanol–water partition coefficient (Wildman–Crippen LogP) is 2.25. The van der Waals surface area contributed by atoms with Crippen molar-refractivity contribution in [3.63, 3.8) is 0 Å². The Morgan fingerprint density at radius 3 is 2.74 bits per heavy atom. The number of piperidine rings is 1. The van der Waals surface area contributed by atoms with Crippen LogP contribution in [0.3, 0.4) is 0 Å². The standard InChI is InChI=1S/C18H24N4O/c1-14-5-3-4-6-17(14)22-13-16(12-20-22)18(23)21-9-7-15(8-10-21)11-19-2/h3-6,12-13,15,19H,7-11H2,1-2H3. The van der Waals surface area contributed by atoms with Crippen molar-refractivity contribution in [2.75, 3.05) is 26.7 Å². The quantitative estimate of drug-likeness (QED) is 0.942. The van der Waals surface area contributed by atoms with Gasteiger partial charge in [0.05, 0.1) is 17.4 Å². The molecular weight excluding hydrogens is 288 g/mol. The van der Waals surface area contributed by atoms with E-state index >= 15 is 0 Å². The minimum atomic E-state index is 0.0905. The zero-order valence-electron chi connectivity index (χ0n) is 13.8. The first-order valence-corrected chi connectivity index (χ1v) is 8.23. The Balaban J connectivity index is 1.69. The van der Waals surface area contributed by atoms with Crippen LogP contribution in [0.15, 0.2) is 36.7 Å². The number of hydrogen-bond acceptors (Lipinski definition) is 3. The molecule has 1 amide bonds. The van der Waals surface area contributed by atoms with Gasteiger partial charge < -0.3 is 10.2 Å². The van der Waals surface area contributed by atoms with E-state index < -0.39 is 0 Å². The van der Waals surface area contributed by atoms with Gasteiger partial charge >= 0.3 is 0 Å². The van der Waals surface area contributed by atoms with E-state index in [1.807, 2.05) is 49.3 Å². The lowest BCUT2D eigenvalue weighted by atomic mass is 9.96. The highest BCUT2D eigenvalue weighted by Crippen LogP contribution is 2.19. The maximum atomic E-state index is 12.7. The second-order valence-corrected chi connectivity index (χ2v) is 6.25. The average Bonchev–Trinajstić information content (AvgIpc) is 3.05. The van der Waals surface area contributed by atoms with Gasteiger partial charge in [-0.25, -0.2) is 4.68 Å². The zero-order chi connectivity index (χ0) is 16.2. The van der Waals surface area contributed by atoms with Gasteiger partial charge in [0, 0.05) is 19.3 Å². The Bertz CT molecular complexity index is 671. The highest BCUT2D eigenvalue weighted by molar-refractivity contribution is 5.93. The van der Waals surface area contributed by atoms with Crippen molar-refractivity contribution in [1.82, 2.24) is 20.0 Å². The molecule has 5 heteroatoms. The van der Waals surface area contributed by atoms with E-state index in [4.69, 9.17) is 0 Å². The average molecular weight is 312 g/mol. The van der Waals surface area contributed by atoms with Crippen LogP contribution in [0, 0.1) is 12.8 Å². The Hall–Kier alpha value is -2.14. The minimum Gasteiger partial charge on any atom is -0.339 e. The highest BCUT2D eigenvalue weighted by Gasteiger charge is 2.24. The largest absolute Gasteiger partial charge is 0.339 e. The fourth-order valence-corrected chi connectivity index (χ4v) is 3.20. The molecule has 0 bridgehead atoms. The van der Waals surface area contributed by atoms with Crippen LogP contribution in [0.5, 0.6) is 0 Å². The number of amides is 1. The third-order valence-corrected chi connectivity index (χ3v) is 4.59. The fourth-order valence-electron chi connectivity index (χ4n) is 3.20. The van der Waals surface area contributed by atoms with E-state index in [9.17, 15) is 4.79 Å². The molecule has 1 aliphatic rings. The maximum absolute atomic E-state index is 12.7. The smallest absolute Gasteiger partial charge is 0.257 e. The number of likely N-dealkylation sites (tertiary alicyclic amines) is 1. The van der Waals surface area contributed by atoms with Gasteiger partial charge in [0.15, 0.2) is 0 Å². The molecule has 0 spiro atoms. The molecule has 1 N–H and O–H groups in total. The van der Waals surface area contributed by atoms with Gasteiger partial charge in [-0.05, 0) is 50.9 Å². The van der Waals surface area contributed by atoms with Crippen molar-refractivity contribution in [2.45, 2.75) is 19.8 Å². The Morgan fingerprint density at radius 1 is 1.30 bits per heavy atom. The lowest BCUT2D eigenvalue weighted by Crippen LogP contribution is -2.40. The number of nitrogens with one attached hydrogen (secondary N) is 1. The number of para-hydroxylation sites is 1. The Labute approximate surface area is 137 Å². The maximum Gasteiger partial charge on any atom is 0.257 e. The first-order valence-electron chi connectivity index (χ1n) is 8.23. The van der Waals surface area contributed by atoms with Gasteiger partial charge in [0.1, 0.15) is 0 Å². The zero-order valence-corrected chi connectivity index (χ0v) is 13.8. The molecule has 5 nitrogen and oxygen atoms in total. The van der Waals surface area contributed by atoms with Gasteiger partial charge in [0.25, 0.3) is 5.91 Å². The topological polar surface area (TPSA) is 50.2 Å². The number of aromatic nitrogens is 2. The van der Waals surface area contributed by atoms with E-state index in [1.165, 1.54) is 0 Å². The van der Waals surface area contributed by atoms with Crippen LogP contribution in [0.2, 0.25) is 0 Å². The summed E-state index contributed by atoms with van der Waals surface area (Å²) in [5.41, 5.74) is 2.82. The molecule has 2 aromatic rings. The van der Waals surface area contributed by atoms with Crippen molar-refractivity contribution in [3.05, 3.63) is 47.8 Å². The molecule has 1 aliphatic heterocycles. The summed E-state index contributed by atoms with van der Waals surface area (Å²) in [6.07, 6.45) is 5.65. The minimum absolute atomic E-state index is 0.0905. The molecule has 1 fully saturated rings. The summed E-state index contributed by atoms with van der Waals surface area (Å²) in [7, 11) is 1.98. The fraction of sp³-hybridized carbons (Fsp3) is 0.444. The molecule has 2 heterocycles. The van der Waals surface area contributed by atoms with Crippen LogP contribution >= 0.6 is 0 Å². The van der Waals surface area contributed by atoms with Gasteiger partial charge in [-0.2, -0.15) is 5.10 Å². The molecular formula is C18H24N4O. The first kappa shape index (κ1) is 15.7. The molecule has 0 atom stereocenters. The summed E-state index contributed by atoms with van der Waals surface area (Å²) >= 11 is 0. The predicted molar refractivity (Wildman–Crippen MR) is 90.9 cm³/mol. The molecule has 0 saturated carbocycles. The highest BCUT2D eigenvalue weighted by atomic mass is 16.2. The molecule has 0 radical (unpaired) electrons. The van der Waals surface area contributed by atoms with Crippen molar-refractivity contribution in [2.24, 2.45) is 5.92 Å². The van der Waals surface area contributed by atoms with E-state index in [-0.39, 0.29) is 5.91 Å². The molecule has 3 rings (SSSR count). The van der Waals surface area contributed by atoms with Gasteiger partial charge in [-0.15, -0.1) is 0 Å². The molecule has 23 heavy (non-hydrogen) atoms. The Morgan fingerprint density at radius 2 is 2.04 bits per heavy atom. The normalized spacial score (nSPS) is 15.8. The second kappa shape index (κ2) is 6.96. The molecule has 1 aromatic carbocycles. The molecule has 1 saturated heterocycles. The number of rotatable bonds is 4. The second-order valence-electron chi connectivity index (χ2n) is 6.25. The van der Waals surface area contributed by atoms with Gasteiger partial charge in [-0.1, -0.05) is 18.2 Å². The third kappa shape index (κ3) is 3.45. The Kier molecular flexibility index (Phi) is 4.76. The number of aryl methyl sites for hydroxylation is 1. The van der Waals surface area contributed by atoms with Gasteiger partial charge in [0.2, 0.25) is 0 Å². The summed E-state index contributed by atoms with van der Waals surface area (Å²) in [6, 6.07) is 8.05. The van der Waals surface area contributed by atoms with Crippen molar-refractivity contribution in [3.8, 4) is 5.69 Å². The van der Waals surface area contributed by atoms with Gasteiger partial charge in [-0.3, -0.25) is 4.79 Å². The molecule has 0 aliphatic carbocycles. The molecule has 1 aromatic heterocycles. The molecule has 0 unspecified atom stereocenters. The van der Waals surface area contributed by atoms with E-state index in [2.05, 4.69) is 10.4 Å². The summed E-state index contributed by atoms with van der Waals surface area (Å²) in [5.74, 6) is 0.770. The number of carbonyl (C=O) groups is 1. The summed E-state index contributed by atoms with van der Waals surface area (Å²) in [5, 5.41) is 7.59. The van der Waals surface area contributed by atoms with Crippen LogP contribution in [0.25, 0.3) is 5.69 Å². The summed E-state index contributed by atoms with van der Waals surface area (Å²) < 4.78 is 1.79. The number of carbonyl (C=O) groups excluding carboxylic acids is 1. The van der Waals surface area contributed by atoms with Crippen LogP contribution in [-0.2, 0) is 0 Å². The lowest BCUT2D eigenvalue weighted by molar-refractivity contribution is 0.0691. The number of hydrogen-bond donors (Lipinski definition) is 1.